The summed E-state index contributed by atoms with van der Waals surface area (Å²) in [6.07, 6.45) is 7.85. The van der Waals surface area contributed by atoms with Crippen molar-refractivity contribution < 1.29 is 9.59 Å². The Kier molecular flexibility index (Phi) is 6.02. The van der Waals surface area contributed by atoms with Gasteiger partial charge in [-0.3, -0.25) is 19.7 Å². The van der Waals surface area contributed by atoms with E-state index in [1.165, 1.54) is 11.1 Å². The Morgan fingerprint density at radius 1 is 0.909 bits per heavy atom. The van der Waals surface area contributed by atoms with Crippen molar-refractivity contribution in [3.8, 4) is 11.3 Å². The Balaban J connectivity index is 1.15. The van der Waals surface area contributed by atoms with Crippen molar-refractivity contribution in [1.29, 1.82) is 0 Å². The van der Waals surface area contributed by atoms with Gasteiger partial charge in [-0.25, -0.2) is 0 Å². The minimum absolute atomic E-state index is 0.0186. The Morgan fingerprint density at radius 3 is 2.36 bits per heavy atom. The highest BCUT2D eigenvalue weighted by molar-refractivity contribution is 5.93. The third-order valence-electron chi connectivity index (χ3n) is 6.58. The second-order valence-electron chi connectivity index (χ2n) is 8.60. The molecule has 1 aromatic carbocycles. The maximum absolute atomic E-state index is 13.1. The van der Waals surface area contributed by atoms with Crippen LogP contribution in [-0.4, -0.2) is 63.0 Å². The van der Waals surface area contributed by atoms with E-state index in [1.807, 2.05) is 40.1 Å². The summed E-state index contributed by atoms with van der Waals surface area (Å²) in [5.41, 5.74) is 4.66. The molecule has 2 aliphatic heterocycles. The van der Waals surface area contributed by atoms with Gasteiger partial charge in [-0.2, -0.15) is 5.10 Å². The van der Waals surface area contributed by atoms with Gasteiger partial charge in [-0.05, 0) is 48.6 Å². The molecule has 0 saturated carbocycles. The molecular weight excluding hydrogens is 414 g/mol. The number of aromatic amines is 1. The number of hydrogen-bond donors (Lipinski definition) is 1. The van der Waals surface area contributed by atoms with E-state index >= 15 is 0 Å². The van der Waals surface area contributed by atoms with Crippen LogP contribution in [0.4, 0.5) is 0 Å². The normalized spacial score (nSPS) is 17.0. The summed E-state index contributed by atoms with van der Waals surface area (Å²) in [5, 5.41) is 7.13. The van der Waals surface area contributed by atoms with Crippen LogP contribution in [0, 0.1) is 5.92 Å². The van der Waals surface area contributed by atoms with Crippen LogP contribution in [0.25, 0.3) is 16.8 Å². The van der Waals surface area contributed by atoms with Crippen molar-refractivity contribution in [1.82, 2.24) is 25.0 Å². The van der Waals surface area contributed by atoms with Crippen LogP contribution in [0.1, 0.15) is 35.3 Å². The summed E-state index contributed by atoms with van der Waals surface area (Å²) < 4.78 is 0. The summed E-state index contributed by atoms with van der Waals surface area (Å²) in [6.45, 7) is 2.58. The number of H-pyrrole nitrogens is 1. The first-order valence-corrected chi connectivity index (χ1v) is 11.5. The smallest absolute Gasteiger partial charge is 0.271 e. The molecular formula is C26H27N5O2. The van der Waals surface area contributed by atoms with Gasteiger partial charge in [0.1, 0.15) is 5.69 Å². The molecule has 2 aromatic heterocycles. The van der Waals surface area contributed by atoms with Crippen LogP contribution in [-0.2, 0) is 4.79 Å². The van der Waals surface area contributed by atoms with Gasteiger partial charge >= 0.3 is 0 Å². The predicted molar refractivity (Wildman–Crippen MR) is 126 cm³/mol. The molecule has 33 heavy (non-hydrogen) atoms. The van der Waals surface area contributed by atoms with Gasteiger partial charge in [0.15, 0.2) is 0 Å². The summed E-state index contributed by atoms with van der Waals surface area (Å²) in [5.74, 6) is 0.129. The molecule has 0 atom stereocenters. The Hall–Kier alpha value is -3.74. The fraction of sp³-hybridized carbons (Fsp3) is 0.308. The SMILES string of the molecule is O=C(c1cc(-c2ccncc2)n[nH]1)N1CCC(C(=O)N2CC=C(c3ccccc3)CC2)CC1. The molecule has 0 aliphatic carbocycles. The molecule has 1 saturated heterocycles. The van der Waals surface area contributed by atoms with Crippen LogP contribution in [0.15, 0.2) is 67.0 Å². The van der Waals surface area contributed by atoms with E-state index in [0.29, 0.717) is 38.2 Å². The lowest BCUT2D eigenvalue weighted by atomic mass is 9.93. The lowest BCUT2D eigenvalue weighted by molar-refractivity contribution is -0.136. The number of nitrogens with zero attached hydrogens (tertiary/aromatic N) is 4. The van der Waals surface area contributed by atoms with Crippen LogP contribution in [0.5, 0.6) is 0 Å². The van der Waals surface area contributed by atoms with Gasteiger partial charge in [0, 0.05) is 50.1 Å². The lowest BCUT2D eigenvalue weighted by Crippen LogP contribution is -2.45. The molecule has 0 unspecified atom stereocenters. The van der Waals surface area contributed by atoms with E-state index < -0.39 is 0 Å². The molecule has 0 spiro atoms. The first kappa shape index (κ1) is 21.1. The first-order chi connectivity index (χ1) is 16.2. The van der Waals surface area contributed by atoms with Crippen LogP contribution < -0.4 is 0 Å². The summed E-state index contributed by atoms with van der Waals surface area (Å²) in [7, 11) is 0. The number of benzene rings is 1. The maximum atomic E-state index is 13.1. The predicted octanol–water partition coefficient (Wildman–Crippen LogP) is 3.64. The van der Waals surface area contributed by atoms with E-state index in [1.54, 1.807) is 18.5 Å². The van der Waals surface area contributed by atoms with Crippen molar-refractivity contribution in [2.75, 3.05) is 26.2 Å². The van der Waals surface area contributed by atoms with Crippen LogP contribution >= 0.6 is 0 Å². The number of carbonyl (C=O) groups is 2. The lowest BCUT2D eigenvalue weighted by Gasteiger charge is -2.35. The number of carbonyl (C=O) groups excluding carboxylic acids is 2. The number of nitrogens with one attached hydrogen (secondary N) is 1. The van der Waals surface area contributed by atoms with Crippen molar-refractivity contribution >= 4 is 17.4 Å². The topological polar surface area (TPSA) is 82.2 Å². The molecule has 4 heterocycles. The van der Waals surface area contributed by atoms with Crippen molar-refractivity contribution in [3.05, 3.63) is 78.3 Å². The van der Waals surface area contributed by atoms with Gasteiger partial charge in [-0.15, -0.1) is 0 Å². The molecule has 5 rings (SSSR count). The molecule has 3 aromatic rings. The summed E-state index contributed by atoms with van der Waals surface area (Å²) in [4.78, 5) is 33.8. The highest BCUT2D eigenvalue weighted by Crippen LogP contribution is 2.26. The summed E-state index contributed by atoms with van der Waals surface area (Å²) >= 11 is 0. The number of amides is 2. The second kappa shape index (κ2) is 9.40. The van der Waals surface area contributed by atoms with Gasteiger partial charge < -0.3 is 9.80 Å². The number of likely N-dealkylation sites (tertiary alicyclic amines) is 1. The quantitative estimate of drug-likeness (QED) is 0.670. The average Bonchev–Trinajstić information content (AvgIpc) is 3.40. The Bertz CT molecular complexity index is 1150. The number of aromatic nitrogens is 3. The zero-order valence-corrected chi connectivity index (χ0v) is 18.5. The molecule has 7 heteroatoms. The minimum Gasteiger partial charge on any atom is -0.338 e. The zero-order valence-electron chi connectivity index (χ0n) is 18.5. The maximum Gasteiger partial charge on any atom is 0.271 e. The fourth-order valence-corrected chi connectivity index (χ4v) is 4.64. The third kappa shape index (κ3) is 4.58. The molecule has 2 aliphatic rings. The largest absolute Gasteiger partial charge is 0.338 e. The monoisotopic (exact) mass is 441 g/mol. The number of pyridine rings is 1. The highest BCUT2D eigenvalue weighted by Gasteiger charge is 2.31. The van der Waals surface area contributed by atoms with Gasteiger partial charge in [0.2, 0.25) is 5.91 Å². The number of hydrogen-bond acceptors (Lipinski definition) is 4. The number of piperidine rings is 1. The second-order valence-corrected chi connectivity index (χ2v) is 8.60. The molecule has 0 bridgehead atoms. The Labute approximate surface area is 193 Å². The van der Waals surface area contributed by atoms with E-state index in [-0.39, 0.29) is 17.7 Å². The van der Waals surface area contributed by atoms with Crippen molar-refractivity contribution in [2.24, 2.45) is 5.92 Å². The van der Waals surface area contributed by atoms with E-state index in [0.717, 1.165) is 24.2 Å². The van der Waals surface area contributed by atoms with Crippen LogP contribution in [0.3, 0.4) is 0 Å². The van der Waals surface area contributed by atoms with Gasteiger partial charge in [0.25, 0.3) is 5.91 Å². The highest BCUT2D eigenvalue weighted by atomic mass is 16.2. The molecule has 2 amide bonds. The zero-order chi connectivity index (χ0) is 22.6. The molecule has 0 radical (unpaired) electrons. The summed E-state index contributed by atoms with van der Waals surface area (Å²) in [6, 6.07) is 15.9. The molecule has 1 N–H and O–H groups in total. The van der Waals surface area contributed by atoms with E-state index in [4.69, 9.17) is 0 Å². The standard InChI is InChI=1S/C26H27N5O2/c32-25(30-14-8-20(9-15-30)19-4-2-1-3-5-19)22-10-16-31(17-11-22)26(33)24-18-23(28-29-24)21-6-12-27-13-7-21/h1-8,12-13,18,22H,9-11,14-17H2,(H,28,29). The molecule has 168 valence electrons. The molecule has 7 nitrogen and oxygen atoms in total. The van der Waals surface area contributed by atoms with Gasteiger partial charge in [0.05, 0.1) is 5.69 Å². The van der Waals surface area contributed by atoms with Crippen LogP contribution in [0.2, 0.25) is 0 Å². The molecule has 1 fully saturated rings. The average molecular weight is 442 g/mol. The van der Waals surface area contributed by atoms with E-state index in [9.17, 15) is 9.59 Å². The third-order valence-corrected chi connectivity index (χ3v) is 6.58. The van der Waals surface area contributed by atoms with Crippen molar-refractivity contribution in [3.63, 3.8) is 0 Å². The number of rotatable bonds is 4. The van der Waals surface area contributed by atoms with Gasteiger partial charge in [-0.1, -0.05) is 36.4 Å². The first-order valence-electron chi connectivity index (χ1n) is 11.5. The van der Waals surface area contributed by atoms with E-state index in [2.05, 4.69) is 33.4 Å². The van der Waals surface area contributed by atoms with Crippen molar-refractivity contribution in [2.45, 2.75) is 19.3 Å². The minimum atomic E-state index is -0.0675. The Morgan fingerprint density at radius 2 is 1.67 bits per heavy atom. The fourth-order valence-electron chi connectivity index (χ4n) is 4.64.